The third kappa shape index (κ3) is 6.56. The van der Waals surface area contributed by atoms with Crippen LogP contribution in [0.5, 0.6) is 0 Å². The first-order valence-corrected chi connectivity index (χ1v) is 22.3. The van der Waals surface area contributed by atoms with E-state index in [-0.39, 0.29) is 24.0 Å². The van der Waals surface area contributed by atoms with E-state index >= 15 is 0 Å². The van der Waals surface area contributed by atoms with Gasteiger partial charge < -0.3 is 9.47 Å². The predicted octanol–water partition coefficient (Wildman–Crippen LogP) is 13.2. The van der Waals surface area contributed by atoms with E-state index in [2.05, 4.69) is 176 Å². The molecule has 0 fully saturated rings. The molecule has 0 heterocycles. The normalized spacial score (nSPS) is 21.4. The van der Waals surface area contributed by atoms with Crippen LogP contribution in [0.25, 0.3) is 39.0 Å². The summed E-state index contributed by atoms with van der Waals surface area (Å²) in [5.74, 6) is -0.182. The fourth-order valence-electron chi connectivity index (χ4n) is 11.1. The van der Waals surface area contributed by atoms with Gasteiger partial charge >= 0.3 is 11.9 Å². The summed E-state index contributed by atoms with van der Waals surface area (Å²) in [6.45, 7) is 21.5. The van der Waals surface area contributed by atoms with Gasteiger partial charge in [-0.25, -0.2) is 9.59 Å². The molecule has 0 amide bonds. The van der Waals surface area contributed by atoms with E-state index in [0.29, 0.717) is 24.7 Å². The molecule has 4 aromatic carbocycles. The molecule has 4 nitrogen and oxygen atoms in total. The Morgan fingerprint density at radius 3 is 1.84 bits per heavy atom. The molecule has 10 rings (SSSR count). The molecule has 0 aromatic heterocycles. The predicted molar refractivity (Wildman–Crippen MR) is 256 cm³/mol. The number of benzene rings is 4. The minimum Gasteiger partial charge on any atom is -0.462 e. The first-order valence-electron chi connectivity index (χ1n) is 22.3. The summed E-state index contributed by atoms with van der Waals surface area (Å²) in [7, 11) is 0. The first kappa shape index (κ1) is 40.5. The fourth-order valence-corrected chi connectivity index (χ4v) is 11.1. The SMILES string of the molecule is C=CC(=O)OCCc1ccc2c(c1)C(C)(CCOC(=O)C=C)c1cc(-c3ccc4c(c3)C(C)(C)c3cc(C5=CC=C6C=CC7=CC(C(C)(C)C)=CC8=CC=C5C6C87)ccc3-4)ccc1-2. The number of hydrogen-bond donors (Lipinski definition) is 0. The van der Waals surface area contributed by atoms with Crippen molar-refractivity contribution in [3.8, 4) is 33.4 Å². The Morgan fingerprint density at radius 1 is 0.619 bits per heavy atom. The monoisotopic (exact) mass is 826 g/mol. The molecule has 0 radical (unpaired) electrons. The number of allylic oxidation sites excluding steroid dienone is 14. The molecule has 63 heavy (non-hydrogen) atoms. The van der Waals surface area contributed by atoms with Crippen LogP contribution in [0.3, 0.4) is 0 Å². The highest BCUT2D eigenvalue weighted by Gasteiger charge is 2.43. The van der Waals surface area contributed by atoms with Gasteiger partial charge in [0.05, 0.1) is 13.2 Å². The van der Waals surface area contributed by atoms with E-state index in [1.807, 2.05) is 0 Å². The zero-order valence-corrected chi connectivity index (χ0v) is 37.2. The van der Waals surface area contributed by atoms with E-state index in [1.165, 1.54) is 101 Å². The molecule has 314 valence electrons. The second kappa shape index (κ2) is 14.8. The quantitative estimate of drug-likeness (QED) is 0.118. The number of carbonyl (C=O) groups excluding carboxylic acids is 2. The smallest absolute Gasteiger partial charge is 0.330 e. The molecule has 4 heteroatoms. The van der Waals surface area contributed by atoms with Crippen LogP contribution in [0.1, 0.15) is 81.3 Å². The van der Waals surface area contributed by atoms with Crippen molar-refractivity contribution < 1.29 is 19.1 Å². The molecule has 0 saturated heterocycles. The standard InChI is InChI=1S/C59H54O4/c1-9-53(60)62-27-25-35-11-19-46-47-22-16-38(33-52(47)59(8,51(46)29-35)26-28-63-54(61)10-2)37-15-21-44-45-23-17-39(34-50(45)58(6,7)49(44)32-37)43-20-14-36-12-13-40-30-42(57(3,4)5)31-41-18-24-48(43)56(36)55(40)41/h9-24,29-34,55-56H,1-2,25-28H2,3-8H3. The molecule has 3 atom stereocenters. The average molecular weight is 827 g/mol. The Bertz CT molecular complexity index is 2940. The number of esters is 2. The number of ether oxygens (including phenoxy) is 2. The van der Waals surface area contributed by atoms with Crippen LogP contribution in [0.2, 0.25) is 0 Å². The second-order valence-corrected chi connectivity index (χ2v) is 19.7. The molecule has 0 bridgehead atoms. The van der Waals surface area contributed by atoms with Crippen LogP contribution in [-0.2, 0) is 36.3 Å². The lowest BCUT2D eigenvalue weighted by molar-refractivity contribution is -0.138. The highest BCUT2D eigenvalue weighted by atomic mass is 16.5. The van der Waals surface area contributed by atoms with Gasteiger partial charge in [0.2, 0.25) is 0 Å². The Morgan fingerprint density at radius 2 is 1.17 bits per heavy atom. The van der Waals surface area contributed by atoms with E-state index in [4.69, 9.17) is 9.47 Å². The van der Waals surface area contributed by atoms with Crippen LogP contribution < -0.4 is 0 Å². The fraction of sp³-hybridized carbons (Fsp3) is 0.254. The van der Waals surface area contributed by atoms with Gasteiger partial charge in [0.15, 0.2) is 0 Å². The largest absolute Gasteiger partial charge is 0.462 e. The molecule has 4 aromatic rings. The van der Waals surface area contributed by atoms with Crippen molar-refractivity contribution >= 4 is 17.5 Å². The van der Waals surface area contributed by atoms with Crippen LogP contribution in [-0.4, -0.2) is 25.2 Å². The van der Waals surface area contributed by atoms with Crippen molar-refractivity contribution in [2.75, 3.05) is 13.2 Å². The first-order chi connectivity index (χ1) is 30.2. The maximum atomic E-state index is 12.2. The number of carbonyl (C=O) groups is 2. The summed E-state index contributed by atoms with van der Waals surface area (Å²) >= 11 is 0. The van der Waals surface area contributed by atoms with E-state index in [9.17, 15) is 9.59 Å². The average Bonchev–Trinajstić information content (AvgIpc) is 3.66. The van der Waals surface area contributed by atoms with E-state index < -0.39 is 17.4 Å². The summed E-state index contributed by atoms with van der Waals surface area (Å²) in [5, 5.41) is 0. The van der Waals surface area contributed by atoms with Crippen molar-refractivity contribution in [3.05, 3.63) is 208 Å². The Balaban J connectivity index is 0.972. The highest BCUT2D eigenvalue weighted by Crippen LogP contribution is 2.56. The van der Waals surface area contributed by atoms with E-state index in [0.717, 1.165) is 11.1 Å². The van der Waals surface area contributed by atoms with Crippen molar-refractivity contribution in [3.63, 3.8) is 0 Å². The Labute approximate surface area is 372 Å². The lowest BCUT2D eigenvalue weighted by atomic mass is 9.61. The minimum absolute atomic E-state index is 0.0951. The van der Waals surface area contributed by atoms with Crippen LogP contribution in [0.4, 0.5) is 0 Å². The van der Waals surface area contributed by atoms with Gasteiger partial charge in [0, 0.05) is 41.2 Å². The maximum Gasteiger partial charge on any atom is 0.330 e. The molecule has 6 aliphatic carbocycles. The van der Waals surface area contributed by atoms with Gasteiger partial charge in [0.25, 0.3) is 0 Å². The molecule has 3 unspecified atom stereocenters. The zero-order valence-electron chi connectivity index (χ0n) is 37.2. The van der Waals surface area contributed by atoms with Gasteiger partial charge in [0.1, 0.15) is 0 Å². The van der Waals surface area contributed by atoms with Crippen molar-refractivity contribution in [2.45, 2.75) is 65.2 Å². The third-order valence-electron chi connectivity index (χ3n) is 14.7. The van der Waals surface area contributed by atoms with Gasteiger partial charge in [-0.1, -0.05) is 158 Å². The lowest BCUT2D eigenvalue weighted by Crippen LogP contribution is -2.30. The van der Waals surface area contributed by atoms with Gasteiger partial charge in [-0.2, -0.15) is 0 Å². The lowest BCUT2D eigenvalue weighted by Gasteiger charge is -2.42. The number of rotatable bonds is 10. The summed E-state index contributed by atoms with van der Waals surface area (Å²) in [6.07, 6.45) is 22.6. The Kier molecular flexibility index (Phi) is 9.53. The van der Waals surface area contributed by atoms with Crippen molar-refractivity contribution in [1.29, 1.82) is 0 Å². The molecular formula is C59H54O4. The summed E-state index contributed by atoms with van der Waals surface area (Å²) in [6, 6.07) is 27.5. The summed E-state index contributed by atoms with van der Waals surface area (Å²) in [4.78, 5) is 23.9. The minimum atomic E-state index is -0.428. The molecule has 0 N–H and O–H groups in total. The molecule has 0 aliphatic heterocycles. The highest BCUT2D eigenvalue weighted by molar-refractivity contribution is 5.91. The summed E-state index contributed by atoms with van der Waals surface area (Å²) < 4.78 is 10.9. The van der Waals surface area contributed by atoms with Crippen LogP contribution >= 0.6 is 0 Å². The third-order valence-corrected chi connectivity index (χ3v) is 14.7. The van der Waals surface area contributed by atoms with Crippen LogP contribution in [0.15, 0.2) is 175 Å². The second-order valence-electron chi connectivity index (χ2n) is 19.7. The topological polar surface area (TPSA) is 52.6 Å². The maximum absolute atomic E-state index is 12.2. The molecular weight excluding hydrogens is 773 g/mol. The van der Waals surface area contributed by atoms with Gasteiger partial charge in [-0.05, 0) is 130 Å². The number of fused-ring (bicyclic) bond motifs is 6. The molecule has 0 spiro atoms. The molecule has 0 saturated carbocycles. The van der Waals surface area contributed by atoms with Crippen molar-refractivity contribution in [1.82, 2.24) is 0 Å². The van der Waals surface area contributed by atoms with E-state index in [1.54, 1.807) is 0 Å². The zero-order chi connectivity index (χ0) is 44.0. The van der Waals surface area contributed by atoms with Gasteiger partial charge in [-0.15, -0.1) is 0 Å². The Hall–Kier alpha value is -6.52. The number of hydrogen-bond acceptors (Lipinski definition) is 4. The summed E-state index contributed by atoms with van der Waals surface area (Å²) in [5.41, 5.74) is 22.5. The van der Waals surface area contributed by atoms with Crippen LogP contribution in [0, 0.1) is 17.3 Å². The van der Waals surface area contributed by atoms with Gasteiger partial charge in [-0.3, -0.25) is 0 Å². The van der Waals surface area contributed by atoms with Crippen molar-refractivity contribution in [2.24, 2.45) is 17.3 Å². The molecule has 6 aliphatic rings.